The van der Waals surface area contributed by atoms with Crippen LogP contribution in [0.1, 0.15) is 23.9 Å². The highest BCUT2D eigenvalue weighted by atomic mass is 32.1. The van der Waals surface area contributed by atoms with E-state index < -0.39 is 0 Å². The molecule has 1 aromatic rings. The van der Waals surface area contributed by atoms with Gasteiger partial charge in [0.05, 0.1) is 5.69 Å². The molecule has 0 aromatic carbocycles. The van der Waals surface area contributed by atoms with Crippen molar-refractivity contribution in [2.45, 2.75) is 26.3 Å². The zero-order chi connectivity index (χ0) is 12.4. The Bertz CT molecular complexity index is 398. The topological polar surface area (TPSA) is 31.4 Å². The maximum Gasteiger partial charge on any atom is 0.185 e. The van der Waals surface area contributed by atoms with E-state index in [1.807, 2.05) is 11.3 Å². The van der Waals surface area contributed by atoms with Gasteiger partial charge in [-0.1, -0.05) is 6.92 Å². The number of hydrogen-bond acceptors (Lipinski definition) is 5. The normalized spacial score (nSPS) is 21.1. The summed E-state index contributed by atoms with van der Waals surface area (Å²) in [6.07, 6.45) is 2.39. The lowest BCUT2D eigenvalue weighted by molar-refractivity contribution is 0.256. The van der Waals surface area contributed by atoms with Crippen LogP contribution < -0.4 is 10.2 Å². The number of piperazine rings is 1. The molecule has 1 fully saturated rings. The van der Waals surface area contributed by atoms with Crippen molar-refractivity contribution in [3.8, 4) is 0 Å². The number of nitrogens with zero attached hydrogens (tertiary/aromatic N) is 3. The van der Waals surface area contributed by atoms with Crippen molar-refractivity contribution in [1.29, 1.82) is 0 Å². The molecule has 0 atom stereocenters. The zero-order valence-corrected chi connectivity index (χ0v) is 11.9. The van der Waals surface area contributed by atoms with E-state index in [1.54, 1.807) is 0 Å². The molecular formula is C13H22N4S. The van der Waals surface area contributed by atoms with Gasteiger partial charge in [-0.15, -0.1) is 11.3 Å². The third kappa shape index (κ3) is 2.53. The van der Waals surface area contributed by atoms with E-state index in [2.05, 4.69) is 22.0 Å². The molecular weight excluding hydrogens is 244 g/mol. The lowest BCUT2D eigenvalue weighted by atomic mass is 10.2. The summed E-state index contributed by atoms with van der Waals surface area (Å²) < 4.78 is 0. The molecule has 4 nitrogen and oxygen atoms in total. The second kappa shape index (κ2) is 5.55. The highest BCUT2D eigenvalue weighted by molar-refractivity contribution is 7.15. The molecule has 0 unspecified atom stereocenters. The minimum absolute atomic E-state index is 1.09. The van der Waals surface area contributed by atoms with Crippen molar-refractivity contribution in [2.75, 3.05) is 44.2 Å². The number of hydrogen-bond donors (Lipinski definition) is 1. The Morgan fingerprint density at radius 3 is 2.89 bits per heavy atom. The smallest absolute Gasteiger partial charge is 0.185 e. The van der Waals surface area contributed by atoms with Crippen LogP contribution in [0.25, 0.3) is 0 Å². The summed E-state index contributed by atoms with van der Waals surface area (Å²) in [4.78, 5) is 11.4. The fourth-order valence-corrected chi connectivity index (χ4v) is 3.93. The number of rotatable bonds is 3. The monoisotopic (exact) mass is 266 g/mol. The van der Waals surface area contributed by atoms with Gasteiger partial charge in [0, 0.05) is 50.6 Å². The third-order valence-electron chi connectivity index (χ3n) is 3.73. The number of fused-ring (bicyclic) bond motifs is 1. The molecule has 1 aromatic heterocycles. The van der Waals surface area contributed by atoms with Crippen molar-refractivity contribution >= 4 is 16.5 Å². The summed E-state index contributed by atoms with van der Waals surface area (Å²) in [5, 5.41) is 4.65. The SMILES string of the molecule is CCCN1CCc2nc(N3CCNCC3)sc2C1. The van der Waals surface area contributed by atoms with E-state index in [0.29, 0.717) is 0 Å². The number of thiazole rings is 1. The predicted octanol–water partition coefficient (Wildman–Crippen LogP) is 1.32. The summed E-state index contributed by atoms with van der Waals surface area (Å²) in [6, 6.07) is 0. The van der Waals surface area contributed by atoms with Crippen molar-refractivity contribution in [2.24, 2.45) is 0 Å². The summed E-state index contributed by atoms with van der Waals surface area (Å²) >= 11 is 1.92. The molecule has 1 saturated heterocycles. The van der Waals surface area contributed by atoms with Crippen LogP contribution in [0.5, 0.6) is 0 Å². The van der Waals surface area contributed by atoms with Crippen molar-refractivity contribution in [1.82, 2.24) is 15.2 Å². The molecule has 0 bridgehead atoms. The van der Waals surface area contributed by atoms with E-state index >= 15 is 0 Å². The largest absolute Gasteiger partial charge is 0.346 e. The Morgan fingerprint density at radius 1 is 1.28 bits per heavy atom. The molecule has 0 aliphatic carbocycles. The molecule has 100 valence electrons. The Morgan fingerprint density at radius 2 is 2.11 bits per heavy atom. The van der Waals surface area contributed by atoms with Crippen molar-refractivity contribution in [3.63, 3.8) is 0 Å². The first-order valence-corrected chi connectivity index (χ1v) is 7.85. The third-order valence-corrected chi connectivity index (χ3v) is 4.87. The molecule has 3 rings (SSSR count). The zero-order valence-electron chi connectivity index (χ0n) is 11.1. The van der Waals surface area contributed by atoms with E-state index in [9.17, 15) is 0 Å². The van der Waals surface area contributed by atoms with Crippen LogP contribution in [0.15, 0.2) is 0 Å². The lowest BCUT2D eigenvalue weighted by Gasteiger charge is -2.26. The molecule has 0 amide bonds. The fourth-order valence-electron chi connectivity index (χ4n) is 2.73. The van der Waals surface area contributed by atoms with Crippen LogP contribution in [0, 0.1) is 0 Å². The average molecular weight is 266 g/mol. The van der Waals surface area contributed by atoms with Gasteiger partial charge >= 0.3 is 0 Å². The molecule has 2 aliphatic heterocycles. The van der Waals surface area contributed by atoms with Gasteiger partial charge < -0.3 is 10.2 Å². The number of nitrogens with one attached hydrogen (secondary N) is 1. The lowest BCUT2D eigenvalue weighted by Crippen LogP contribution is -2.43. The summed E-state index contributed by atoms with van der Waals surface area (Å²) in [5.41, 5.74) is 1.36. The van der Waals surface area contributed by atoms with Crippen LogP contribution in [0.4, 0.5) is 5.13 Å². The maximum atomic E-state index is 4.86. The van der Waals surface area contributed by atoms with Gasteiger partial charge in [0.25, 0.3) is 0 Å². The highest BCUT2D eigenvalue weighted by Gasteiger charge is 2.22. The van der Waals surface area contributed by atoms with Crippen molar-refractivity contribution < 1.29 is 0 Å². The van der Waals surface area contributed by atoms with Gasteiger partial charge in [0.1, 0.15) is 0 Å². The van der Waals surface area contributed by atoms with Crippen LogP contribution in [0.3, 0.4) is 0 Å². The van der Waals surface area contributed by atoms with E-state index in [-0.39, 0.29) is 0 Å². The second-order valence-corrected chi connectivity index (χ2v) is 6.19. The fraction of sp³-hybridized carbons (Fsp3) is 0.769. The van der Waals surface area contributed by atoms with Gasteiger partial charge in [-0.25, -0.2) is 4.98 Å². The minimum Gasteiger partial charge on any atom is -0.346 e. The van der Waals surface area contributed by atoms with Crippen LogP contribution >= 0.6 is 11.3 Å². The van der Waals surface area contributed by atoms with Crippen LogP contribution in [-0.4, -0.2) is 49.2 Å². The van der Waals surface area contributed by atoms with Crippen LogP contribution in [0.2, 0.25) is 0 Å². The average Bonchev–Trinajstić information content (AvgIpc) is 2.83. The standard InChI is InChI=1S/C13H22N4S/c1-2-6-16-7-3-11-12(10-16)18-13(15-11)17-8-4-14-5-9-17/h14H,2-10H2,1H3. The first-order valence-electron chi connectivity index (χ1n) is 7.03. The summed E-state index contributed by atoms with van der Waals surface area (Å²) in [6.45, 7) is 10.2. The molecule has 2 aliphatic rings. The van der Waals surface area contributed by atoms with Crippen molar-refractivity contribution in [3.05, 3.63) is 10.6 Å². The Hall–Kier alpha value is -0.650. The molecule has 1 N–H and O–H groups in total. The first kappa shape index (κ1) is 12.4. The molecule has 18 heavy (non-hydrogen) atoms. The summed E-state index contributed by atoms with van der Waals surface area (Å²) in [5.74, 6) is 0. The molecule has 5 heteroatoms. The summed E-state index contributed by atoms with van der Waals surface area (Å²) in [7, 11) is 0. The molecule has 0 spiro atoms. The molecule has 3 heterocycles. The maximum absolute atomic E-state index is 4.86. The number of anilines is 1. The predicted molar refractivity (Wildman–Crippen MR) is 76.5 cm³/mol. The minimum atomic E-state index is 1.09. The van der Waals surface area contributed by atoms with E-state index in [1.165, 1.54) is 35.2 Å². The highest BCUT2D eigenvalue weighted by Crippen LogP contribution is 2.30. The Labute approximate surface area is 113 Å². The number of aromatic nitrogens is 1. The first-order chi connectivity index (χ1) is 8.86. The Kier molecular flexibility index (Phi) is 3.82. The Balaban J connectivity index is 1.72. The van der Waals surface area contributed by atoms with Gasteiger partial charge in [-0.05, 0) is 13.0 Å². The van der Waals surface area contributed by atoms with Crippen LogP contribution in [-0.2, 0) is 13.0 Å². The second-order valence-electron chi connectivity index (χ2n) is 5.13. The molecule has 0 saturated carbocycles. The molecule has 0 radical (unpaired) electrons. The van der Waals surface area contributed by atoms with Gasteiger partial charge in [-0.2, -0.15) is 0 Å². The quantitative estimate of drug-likeness (QED) is 0.894. The van der Waals surface area contributed by atoms with Gasteiger partial charge in [0.15, 0.2) is 5.13 Å². The van der Waals surface area contributed by atoms with E-state index in [0.717, 1.165) is 39.1 Å². The van der Waals surface area contributed by atoms with E-state index in [4.69, 9.17) is 4.98 Å². The van der Waals surface area contributed by atoms with Gasteiger partial charge in [-0.3, -0.25) is 4.90 Å². The van der Waals surface area contributed by atoms with Gasteiger partial charge in [0.2, 0.25) is 0 Å².